The summed E-state index contributed by atoms with van der Waals surface area (Å²) in [6.07, 6.45) is 0. The number of hydrogen-bond donors (Lipinski definition) is 1. The molecule has 4 aromatic carbocycles. The highest BCUT2D eigenvalue weighted by Crippen LogP contribution is 2.40. The minimum atomic E-state index is -0.448. The number of nitrogens with zero attached hydrogens (tertiary/aromatic N) is 1. The Bertz CT molecular complexity index is 1500. The van der Waals surface area contributed by atoms with E-state index in [0.717, 1.165) is 16.3 Å². The Morgan fingerprint density at radius 2 is 1.46 bits per heavy atom. The monoisotopic (exact) mass is 464 g/mol. The average Bonchev–Trinajstić information content (AvgIpc) is 3.12. The molecule has 0 fully saturated rings. The van der Waals surface area contributed by atoms with Gasteiger partial charge in [0.1, 0.15) is 17.2 Å². The molecule has 0 bridgehead atoms. The third-order valence-electron chi connectivity index (χ3n) is 6.08. The standard InChI is InChI=1S/C29H24N2O4/c1-18-15-16-25(35-3)22(17-18)30-27-26(21-12-6-7-14-24(21)34-2)28(32)31(29(27)33)23-13-8-10-19-9-4-5-11-20(19)23/h4-17,30H,1-3H3. The number of ether oxygens (including phenoxy) is 2. The Morgan fingerprint density at radius 1 is 0.743 bits per heavy atom. The summed E-state index contributed by atoms with van der Waals surface area (Å²) in [5.41, 5.74) is 3.04. The highest BCUT2D eigenvalue weighted by Gasteiger charge is 2.42. The number of carbonyl (C=O) groups is 2. The maximum absolute atomic E-state index is 14.0. The van der Waals surface area contributed by atoms with Crippen LogP contribution in [0.3, 0.4) is 0 Å². The van der Waals surface area contributed by atoms with Crippen LogP contribution in [-0.2, 0) is 9.59 Å². The SMILES string of the molecule is COc1ccc(C)cc1NC1=C(c2ccccc2OC)C(=O)N(c2cccc3ccccc23)C1=O. The number of para-hydroxylation sites is 1. The van der Waals surface area contributed by atoms with Gasteiger partial charge in [-0.1, -0.05) is 60.7 Å². The largest absolute Gasteiger partial charge is 0.496 e. The van der Waals surface area contributed by atoms with Gasteiger partial charge in [-0.3, -0.25) is 9.59 Å². The van der Waals surface area contributed by atoms with Gasteiger partial charge in [-0.25, -0.2) is 4.90 Å². The van der Waals surface area contributed by atoms with Crippen LogP contribution in [-0.4, -0.2) is 26.0 Å². The van der Waals surface area contributed by atoms with Crippen molar-refractivity contribution >= 4 is 39.5 Å². The maximum atomic E-state index is 14.0. The zero-order valence-corrected chi connectivity index (χ0v) is 19.7. The molecule has 0 unspecified atom stereocenters. The van der Waals surface area contributed by atoms with E-state index in [4.69, 9.17) is 9.47 Å². The van der Waals surface area contributed by atoms with Crippen LogP contribution < -0.4 is 19.7 Å². The summed E-state index contributed by atoms with van der Waals surface area (Å²) in [6, 6.07) is 26.1. The van der Waals surface area contributed by atoms with Crippen LogP contribution in [0.4, 0.5) is 11.4 Å². The van der Waals surface area contributed by atoms with Gasteiger partial charge in [0.05, 0.1) is 31.2 Å². The van der Waals surface area contributed by atoms with E-state index in [1.807, 2.05) is 73.7 Å². The van der Waals surface area contributed by atoms with Crippen LogP contribution in [0.5, 0.6) is 11.5 Å². The summed E-state index contributed by atoms with van der Waals surface area (Å²) >= 11 is 0. The van der Waals surface area contributed by atoms with Gasteiger partial charge in [-0.2, -0.15) is 0 Å². The Kier molecular flexibility index (Phi) is 5.71. The molecule has 1 N–H and O–H groups in total. The van der Waals surface area contributed by atoms with Crippen molar-refractivity contribution in [3.05, 3.63) is 102 Å². The Labute approximate surface area is 203 Å². The zero-order valence-electron chi connectivity index (χ0n) is 19.7. The van der Waals surface area contributed by atoms with Gasteiger partial charge in [-0.05, 0) is 42.1 Å². The summed E-state index contributed by atoms with van der Waals surface area (Å²) in [4.78, 5) is 29.1. The number of amides is 2. The Hall–Kier alpha value is -4.58. The van der Waals surface area contributed by atoms with Crippen molar-refractivity contribution in [2.24, 2.45) is 0 Å². The fourth-order valence-electron chi connectivity index (χ4n) is 4.42. The van der Waals surface area contributed by atoms with E-state index < -0.39 is 11.8 Å². The first-order valence-corrected chi connectivity index (χ1v) is 11.2. The molecule has 0 saturated heterocycles. The lowest BCUT2D eigenvalue weighted by atomic mass is 10.0. The second-order valence-electron chi connectivity index (χ2n) is 8.22. The molecule has 6 heteroatoms. The smallest absolute Gasteiger partial charge is 0.282 e. The summed E-state index contributed by atoms with van der Waals surface area (Å²) < 4.78 is 11.1. The number of benzene rings is 4. The maximum Gasteiger partial charge on any atom is 0.282 e. The number of aryl methyl sites for hydroxylation is 1. The average molecular weight is 465 g/mol. The minimum absolute atomic E-state index is 0.163. The molecule has 0 saturated carbocycles. The molecule has 6 nitrogen and oxygen atoms in total. The van der Waals surface area contributed by atoms with Crippen molar-refractivity contribution < 1.29 is 19.1 Å². The molecular formula is C29H24N2O4. The highest BCUT2D eigenvalue weighted by atomic mass is 16.5. The van der Waals surface area contributed by atoms with Gasteiger partial charge >= 0.3 is 0 Å². The van der Waals surface area contributed by atoms with E-state index >= 15 is 0 Å². The predicted molar refractivity (Wildman–Crippen MR) is 138 cm³/mol. The molecule has 174 valence electrons. The van der Waals surface area contributed by atoms with Gasteiger partial charge in [0.2, 0.25) is 0 Å². The molecular weight excluding hydrogens is 440 g/mol. The fourth-order valence-corrected chi connectivity index (χ4v) is 4.42. The molecule has 0 radical (unpaired) electrons. The molecule has 0 aromatic heterocycles. The van der Waals surface area contributed by atoms with Crippen LogP contribution in [0.25, 0.3) is 16.3 Å². The van der Waals surface area contributed by atoms with E-state index in [1.165, 1.54) is 4.90 Å². The quantitative estimate of drug-likeness (QED) is 0.378. The number of carbonyl (C=O) groups excluding carboxylic acids is 2. The molecule has 0 spiro atoms. The summed E-state index contributed by atoms with van der Waals surface area (Å²) in [5.74, 6) is 0.186. The lowest BCUT2D eigenvalue weighted by Crippen LogP contribution is -2.32. The lowest BCUT2D eigenvalue weighted by Gasteiger charge is -2.18. The van der Waals surface area contributed by atoms with E-state index in [0.29, 0.717) is 28.4 Å². The summed E-state index contributed by atoms with van der Waals surface area (Å²) in [5, 5.41) is 4.96. The number of hydrogen-bond acceptors (Lipinski definition) is 5. The second kappa shape index (κ2) is 8.99. The van der Waals surface area contributed by atoms with Crippen LogP contribution in [0.2, 0.25) is 0 Å². The second-order valence-corrected chi connectivity index (χ2v) is 8.22. The topological polar surface area (TPSA) is 67.9 Å². The van der Waals surface area contributed by atoms with Crippen molar-refractivity contribution in [1.82, 2.24) is 0 Å². The minimum Gasteiger partial charge on any atom is -0.496 e. The first-order valence-electron chi connectivity index (χ1n) is 11.2. The van der Waals surface area contributed by atoms with Gasteiger partial charge < -0.3 is 14.8 Å². The number of methoxy groups -OCH3 is 2. The zero-order chi connectivity index (χ0) is 24.5. The van der Waals surface area contributed by atoms with Gasteiger partial charge in [0.25, 0.3) is 11.8 Å². The van der Waals surface area contributed by atoms with Crippen molar-refractivity contribution in [3.63, 3.8) is 0 Å². The van der Waals surface area contributed by atoms with Crippen molar-refractivity contribution in [2.45, 2.75) is 6.92 Å². The normalized spacial score (nSPS) is 13.5. The van der Waals surface area contributed by atoms with Gasteiger partial charge in [-0.15, -0.1) is 0 Å². The third-order valence-corrected chi connectivity index (χ3v) is 6.08. The first kappa shape index (κ1) is 22.2. The molecule has 1 heterocycles. The molecule has 2 amide bonds. The van der Waals surface area contributed by atoms with E-state index in [9.17, 15) is 9.59 Å². The van der Waals surface area contributed by atoms with Gasteiger partial charge in [0.15, 0.2) is 0 Å². The Balaban J connectivity index is 1.71. The van der Waals surface area contributed by atoms with E-state index in [1.54, 1.807) is 32.4 Å². The molecule has 0 aliphatic carbocycles. The molecule has 1 aliphatic rings. The van der Waals surface area contributed by atoms with Gasteiger partial charge in [0, 0.05) is 10.9 Å². The Morgan fingerprint density at radius 3 is 2.26 bits per heavy atom. The highest BCUT2D eigenvalue weighted by molar-refractivity contribution is 6.47. The van der Waals surface area contributed by atoms with E-state index in [2.05, 4.69) is 5.32 Å². The number of anilines is 2. The molecule has 35 heavy (non-hydrogen) atoms. The number of nitrogens with one attached hydrogen (secondary N) is 1. The summed E-state index contributed by atoms with van der Waals surface area (Å²) in [7, 11) is 3.11. The number of fused-ring (bicyclic) bond motifs is 1. The van der Waals surface area contributed by atoms with Crippen LogP contribution >= 0.6 is 0 Å². The van der Waals surface area contributed by atoms with Crippen molar-refractivity contribution in [1.29, 1.82) is 0 Å². The van der Waals surface area contributed by atoms with Crippen molar-refractivity contribution in [3.8, 4) is 11.5 Å². The molecule has 0 atom stereocenters. The lowest BCUT2D eigenvalue weighted by molar-refractivity contribution is -0.120. The fraction of sp³-hybridized carbons (Fsp3) is 0.103. The van der Waals surface area contributed by atoms with E-state index in [-0.39, 0.29) is 11.3 Å². The van der Waals surface area contributed by atoms with Crippen LogP contribution in [0, 0.1) is 6.92 Å². The molecule has 1 aliphatic heterocycles. The summed E-state index contributed by atoms with van der Waals surface area (Å²) in [6.45, 7) is 1.95. The van der Waals surface area contributed by atoms with Crippen LogP contribution in [0.15, 0.2) is 90.6 Å². The first-order chi connectivity index (χ1) is 17.0. The number of imide groups is 1. The van der Waals surface area contributed by atoms with Crippen LogP contribution in [0.1, 0.15) is 11.1 Å². The molecule has 5 rings (SSSR count). The van der Waals surface area contributed by atoms with Crippen molar-refractivity contribution in [2.75, 3.05) is 24.4 Å². The third kappa shape index (κ3) is 3.79. The predicted octanol–water partition coefficient (Wildman–Crippen LogP) is 5.56. The number of rotatable bonds is 6. The molecule has 4 aromatic rings.